The van der Waals surface area contributed by atoms with Gasteiger partial charge in [-0.1, -0.05) is 32.6 Å². The molecule has 1 fully saturated rings. The molecule has 1 N–H and O–H groups in total. The van der Waals surface area contributed by atoms with Crippen LogP contribution >= 0.6 is 11.8 Å². The predicted molar refractivity (Wildman–Crippen MR) is 76.3 cm³/mol. The van der Waals surface area contributed by atoms with Crippen LogP contribution < -0.4 is 5.32 Å². The van der Waals surface area contributed by atoms with Crippen LogP contribution in [0.5, 0.6) is 0 Å². The highest BCUT2D eigenvalue weighted by atomic mass is 32.2. The van der Waals surface area contributed by atoms with E-state index in [1.54, 1.807) is 0 Å². The van der Waals surface area contributed by atoms with E-state index < -0.39 is 0 Å². The molecule has 0 aromatic rings. The normalized spacial score (nSPS) is 19.9. The minimum Gasteiger partial charge on any atom is -0.315 e. The van der Waals surface area contributed by atoms with Crippen molar-refractivity contribution in [3.8, 4) is 0 Å². The number of nitrogens with one attached hydrogen (secondary N) is 1. The van der Waals surface area contributed by atoms with E-state index in [4.69, 9.17) is 0 Å². The highest BCUT2D eigenvalue weighted by molar-refractivity contribution is 7.99. The minimum atomic E-state index is 0.713. The van der Waals surface area contributed by atoms with Gasteiger partial charge < -0.3 is 5.32 Å². The van der Waals surface area contributed by atoms with Crippen LogP contribution in [0, 0.1) is 0 Å². The summed E-state index contributed by atoms with van der Waals surface area (Å²) in [5.41, 5.74) is 0. The number of hydrogen-bond acceptors (Lipinski definition) is 2. The zero-order valence-corrected chi connectivity index (χ0v) is 12.0. The van der Waals surface area contributed by atoms with Gasteiger partial charge in [-0.15, -0.1) is 0 Å². The summed E-state index contributed by atoms with van der Waals surface area (Å²) in [5, 5.41) is 4.48. The quantitative estimate of drug-likeness (QED) is 0.641. The summed E-state index contributed by atoms with van der Waals surface area (Å²) < 4.78 is 0. The zero-order chi connectivity index (χ0) is 11.6. The Kier molecular flexibility index (Phi) is 8.40. The third kappa shape index (κ3) is 6.80. The second-order valence-corrected chi connectivity index (χ2v) is 6.49. The molecule has 0 heterocycles. The molecular weight excluding hydrogens is 214 g/mol. The van der Waals surface area contributed by atoms with Gasteiger partial charge in [0, 0.05) is 11.3 Å². The summed E-state index contributed by atoms with van der Waals surface area (Å²) in [6.45, 7) is 5.60. The second-order valence-electron chi connectivity index (χ2n) is 5.09. The van der Waals surface area contributed by atoms with Crippen molar-refractivity contribution in [3.05, 3.63) is 0 Å². The van der Waals surface area contributed by atoms with Crippen LogP contribution in [0.2, 0.25) is 0 Å². The van der Waals surface area contributed by atoms with E-state index in [0.29, 0.717) is 6.04 Å². The van der Waals surface area contributed by atoms with Crippen molar-refractivity contribution in [2.45, 2.75) is 76.5 Å². The van der Waals surface area contributed by atoms with Crippen LogP contribution in [-0.2, 0) is 0 Å². The standard InChI is InChI=1S/C14H29NS/c1-3-15-13(2)9-7-8-12-16-14-10-5-4-6-11-14/h13-15H,3-12H2,1-2H3. The first-order valence-electron chi connectivity index (χ1n) is 7.18. The SMILES string of the molecule is CCNC(C)CCCCSC1CCCCC1. The van der Waals surface area contributed by atoms with Crippen molar-refractivity contribution in [2.24, 2.45) is 0 Å². The molecule has 0 aromatic carbocycles. The maximum Gasteiger partial charge on any atom is 0.00470 e. The molecule has 1 aliphatic rings. The van der Waals surface area contributed by atoms with Crippen LogP contribution in [-0.4, -0.2) is 23.6 Å². The van der Waals surface area contributed by atoms with Gasteiger partial charge in [-0.3, -0.25) is 0 Å². The maximum absolute atomic E-state index is 3.48. The van der Waals surface area contributed by atoms with Gasteiger partial charge in [0.2, 0.25) is 0 Å². The number of rotatable bonds is 8. The molecule has 0 bridgehead atoms. The van der Waals surface area contributed by atoms with Crippen molar-refractivity contribution in [2.75, 3.05) is 12.3 Å². The monoisotopic (exact) mass is 243 g/mol. The van der Waals surface area contributed by atoms with Crippen molar-refractivity contribution in [1.29, 1.82) is 0 Å². The molecule has 0 aromatic heterocycles. The minimum absolute atomic E-state index is 0.713. The van der Waals surface area contributed by atoms with E-state index in [-0.39, 0.29) is 0 Å². The lowest BCUT2D eigenvalue weighted by atomic mass is 10.0. The second kappa shape index (κ2) is 9.35. The first kappa shape index (κ1) is 14.4. The molecule has 1 aliphatic carbocycles. The molecule has 0 saturated heterocycles. The fourth-order valence-corrected chi connectivity index (χ4v) is 3.86. The third-order valence-electron chi connectivity index (χ3n) is 3.49. The summed E-state index contributed by atoms with van der Waals surface area (Å²) in [4.78, 5) is 0. The topological polar surface area (TPSA) is 12.0 Å². The van der Waals surface area contributed by atoms with E-state index in [1.165, 1.54) is 57.1 Å². The van der Waals surface area contributed by atoms with Crippen LogP contribution in [0.4, 0.5) is 0 Å². The summed E-state index contributed by atoms with van der Waals surface area (Å²) in [6, 6.07) is 0.713. The van der Waals surface area contributed by atoms with Crippen LogP contribution in [0.3, 0.4) is 0 Å². The molecule has 0 spiro atoms. The largest absolute Gasteiger partial charge is 0.315 e. The first-order chi connectivity index (χ1) is 7.83. The van der Waals surface area contributed by atoms with Gasteiger partial charge in [-0.25, -0.2) is 0 Å². The molecule has 1 nitrogen and oxygen atoms in total. The van der Waals surface area contributed by atoms with Crippen LogP contribution in [0.25, 0.3) is 0 Å². The Morgan fingerprint density at radius 3 is 2.62 bits per heavy atom. The molecule has 2 heteroatoms. The molecule has 0 aliphatic heterocycles. The number of unbranched alkanes of at least 4 members (excludes halogenated alkanes) is 1. The summed E-state index contributed by atoms with van der Waals surface area (Å²) in [5.74, 6) is 1.39. The number of hydrogen-bond donors (Lipinski definition) is 1. The van der Waals surface area contributed by atoms with Crippen molar-refractivity contribution in [3.63, 3.8) is 0 Å². The van der Waals surface area contributed by atoms with Crippen molar-refractivity contribution in [1.82, 2.24) is 5.32 Å². The van der Waals surface area contributed by atoms with Crippen LogP contribution in [0.15, 0.2) is 0 Å². The highest BCUT2D eigenvalue weighted by Crippen LogP contribution is 2.28. The van der Waals surface area contributed by atoms with Gasteiger partial charge in [0.25, 0.3) is 0 Å². The average Bonchev–Trinajstić information content (AvgIpc) is 2.30. The Morgan fingerprint density at radius 1 is 1.19 bits per heavy atom. The molecular formula is C14H29NS. The van der Waals surface area contributed by atoms with Gasteiger partial charge in [-0.05, 0) is 44.9 Å². The lowest BCUT2D eigenvalue weighted by Crippen LogP contribution is -2.25. The van der Waals surface area contributed by atoms with Gasteiger partial charge in [0.05, 0.1) is 0 Å². The fraction of sp³-hybridized carbons (Fsp3) is 1.00. The highest BCUT2D eigenvalue weighted by Gasteiger charge is 2.12. The summed E-state index contributed by atoms with van der Waals surface area (Å²) in [6.07, 6.45) is 11.6. The molecule has 96 valence electrons. The lowest BCUT2D eigenvalue weighted by molar-refractivity contribution is 0.507. The Hall–Kier alpha value is 0.310. The smallest absolute Gasteiger partial charge is 0.00470 e. The first-order valence-corrected chi connectivity index (χ1v) is 8.22. The van der Waals surface area contributed by atoms with Crippen LogP contribution in [0.1, 0.15) is 65.2 Å². The Labute approximate surface area is 106 Å². The van der Waals surface area contributed by atoms with Gasteiger partial charge >= 0.3 is 0 Å². The molecule has 0 amide bonds. The number of thioether (sulfide) groups is 1. The Morgan fingerprint density at radius 2 is 1.94 bits per heavy atom. The lowest BCUT2D eigenvalue weighted by Gasteiger charge is -2.21. The van der Waals surface area contributed by atoms with Gasteiger partial charge in [0.1, 0.15) is 0 Å². The Balaban J connectivity index is 1.87. The van der Waals surface area contributed by atoms with Crippen molar-refractivity contribution >= 4 is 11.8 Å². The predicted octanol–water partition coefficient (Wildman–Crippen LogP) is 4.22. The maximum atomic E-state index is 3.48. The van der Waals surface area contributed by atoms with Gasteiger partial charge in [-0.2, -0.15) is 11.8 Å². The summed E-state index contributed by atoms with van der Waals surface area (Å²) >= 11 is 2.24. The van der Waals surface area contributed by atoms with Crippen molar-refractivity contribution < 1.29 is 0 Å². The summed E-state index contributed by atoms with van der Waals surface area (Å²) in [7, 11) is 0. The van der Waals surface area contributed by atoms with E-state index in [0.717, 1.165) is 11.8 Å². The molecule has 1 atom stereocenters. The van der Waals surface area contributed by atoms with Gasteiger partial charge in [0.15, 0.2) is 0 Å². The average molecular weight is 243 g/mol. The van der Waals surface area contributed by atoms with E-state index >= 15 is 0 Å². The molecule has 1 saturated carbocycles. The molecule has 1 unspecified atom stereocenters. The molecule has 16 heavy (non-hydrogen) atoms. The molecule has 0 radical (unpaired) electrons. The van der Waals surface area contributed by atoms with E-state index in [9.17, 15) is 0 Å². The van der Waals surface area contributed by atoms with E-state index in [1.807, 2.05) is 0 Å². The fourth-order valence-electron chi connectivity index (χ4n) is 2.48. The Bertz CT molecular complexity index is 155. The third-order valence-corrected chi connectivity index (χ3v) is 4.96. The van der Waals surface area contributed by atoms with E-state index in [2.05, 4.69) is 30.9 Å². The zero-order valence-electron chi connectivity index (χ0n) is 11.1. The molecule has 1 rings (SSSR count).